The van der Waals surface area contributed by atoms with Gasteiger partial charge in [-0.3, -0.25) is 14.5 Å². The number of anilines is 1. The fraction of sp³-hybridized carbons (Fsp3) is 0.300. The molecule has 0 aliphatic heterocycles. The Morgan fingerprint density at radius 2 is 1.74 bits per heavy atom. The van der Waals surface area contributed by atoms with Gasteiger partial charge in [-0.2, -0.15) is 0 Å². The summed E-state index contributed by atoms with van der Waals surface area (Å²) in [5.74, 6) is -0.0700. The average molecular weight is 373 g/mol. The largest absolute Gasteiger partial charge is 0.497 e. The van der Waals surface area contributed by atoms with E-state index in [1.165, 1.54) is 24.3 Å². The van der Waals surface area contributed by atoms with Crippen molar-refractivity contribution >= 4 is 17.5 Å². The molecule has 0 saturated carbocycles. The van der Waals surface area contributed by atoms with Gasteiger partial charge in [0.25, 0.3) is 0 Å². The van der Waals surface area contributed by atoms with Crippen LogP contribution in [0.15, 0.2) is 48.5 Å². The van der Waals surface area contributed by atoms with Crippen LogP contribution in [0.3, 0.4) is 0 Å². The van der Waals surface area contributed by atoms with E-state index in [4.69, 9.17) is 4.74 Å². The average Bonchev–Trinajstić information content (AvgIpc) is 2.67. The number of carbonyl (C=O) groups is 2. The van der Waals surface area contributed by atoms with Crippen molar-refractivity contribution in [2.45, 2.75) is 19.5 Å². The molecule has 1 atom stereocenters. The van der Waals surface area contributed by atoms with Gasteiger partial charge in [-0.15, -0.1) is 0 Å². The number of halogens is 1. The Labute approximate surface area is 158 Å². The van der Waals surface area contributed by atoms with Crippen molar-refractivity contribution in [3.05, 3.63) is 59.9 Å². The van der Waals surface area contributed by atoms with Crippen LogP contribution in [-0.2, 0) is 16.1 Å². The zero-order valence-corrected chi connectivity index (χ0v) is 15.7. The summed E-state index contributed by atoms with van der Waals surface area (Å²) in [5, 5.41) is 5.52. The number of carbonyl (C=O) groups excluding carboxylic acids is 2. The van der Waals surface area contributed by atoms with Crippen molar-refractivity contribution in [3.63, 3.8) is 0 Å². The number of hydrogen-bond acceptors (Lipinski definition) is 4. The summed E-state index contributed by atoms with van der Waals surface area (Å²) in [5.41, 5.74) is 1.46. The van der Waals surface area contributed by atoms with Gasteiger partial charge in [-0.1, -0.05) is 12.1 Å². The third-order valence-electron chi connectivity index (χ3n) is 4.19. The van der Waals surface area contributed by atoms with E-state index >= 15 is 0 Å². The standard InChI is InChI=1S/C20H24FN3O3/c1-14(20(26)22-12-15-4-10-18(27-3)11-5-15)24(2)13-19(25)23-17-8-6-16(21)7-9-17/h4-11,14H,12-13H2,1-3H3,(H,22,26)(H,23,25)/t14-/m1/s1. The fourth-order valence-electron chi connectivity index (χ4n) is 2.38. The number of nitrogens with one attached hydrogen (secondary N) is 2. The smallest absolute Gasteiger partial charge is 0.238 e. The first-order valence-electron chi connectivity index (χ1n) is 8.55. The van der Waals surface area contributed by atoms with Crippen molar-refractivity contribution in [1.82, 2.24) is 10.2 Å². The highest BCUT2D eigenvalue weighted by atomic mass is 19.1. The number of hydrogen-bond donors (Lipinski definition) is 2. The summed E-state index contributed by atoms with van der Waals surface area (Å²) < 4.78 is 18.0. The first-order valence-corrected chi connectivity index (χ1v) is 8.55. The maximum absolute atomic E-state index is 12.9. The van der Waals surface area contributed by atoms with Crippen LogP contribution in [0.5, 0.6) is 5.75 Å². The van der Waals surface area contributed by atoms with E-state index in [0.717, 1.165) is 11.3 Å². The highest BCUT2D eigenvalue weighted by Crippen LogP contribution is 2.11. The third kappa shape index (κ3) is 6.38. The van der Waals surface area contributed by atoms with E-state index in [2.05, 4.69) is 10.6 Å². The second-order valence-corrected chi connectivity index (χ2v) is 6.21. The van der Waals surface area contributed by atoms with Crippen LogP contribution in [0.25, 0.3) is 0 Å². The predicted molar refractivity (Wildman–Crippen MR) is 102 cm³/mol. The van der Waals surface area contributed by atoms with Crippen LogP contribution in [0, 0.1) is 5.82 Å². The monoisotopic (exact) mass is 373 g/mol. The van der Waals surface area contributed by atoms with Crippen molar-refractivity contribution < 1.29 is 18.7 Å². The minimum atomic E-state index is -0.484. The third-order valence-corrected chi connectivity index (χ3v) is 4.19. The van der Waals surface area contributed by atoms with Crippen LogP contribution in [0.2, 0.25) is 0 Å². The molecule has 0 spiro atoms. The van der Waals surface area contributed by atoms with Gasteiger partial charge in [0.15, 0.2) is 0 Å². The van der Waals surface area contributed by atoms with E-state index in [-0.39, 0.29) is 24.2 Å². The zero-order valence-electron chi connectivity index (χ0n) is 15.7. The van der Waals surface area contributed by atoms with Gasteiger partial charge in [0.2, 0.25) is 11.8 Å². The molecule has 0 radical (unpaired) electrons. The lowest BCUT2D eigenvalue weighted by Gasteiger charge is -2.23. The molecule has 0 aliphatic rings. The molecule has 144 valence electrons. The van der Waals surface area contributed by atoms with Crippen LogP contribution >= 0.6 is 0 Å². The van der Waals surface area contributed by atoms with Gasteiger partial charge in [0, 0.05) is 12.2 Å². The molecule has 2 amide bonds. The Morgan fingerprint density at radius 1 is 1.11 bits per heavy atom. The van der Waals surface area contributed by atoms with Gasteiger partial charge in [0.1, 0.15) is 11.6 Å². The highest BCUT2D eigenvalue weighted by molar-refractivity contribution is 5.92. The Kier molecular flexibility index (Phi) is 7.31. The second-order valence-electron chi connectivity index (χ2n) is 6.21. The van der Waals surface area contributed by atoms with Gasteiger partial charge >= 0.3 is 0 Å². The molecule has 27 heavy (non-hydrogen) atoms. The second kappa shape index (κ2) is 9.68. The molecule has 0 fully saturated rings. The van der Waals surface area contributed by atoms with Crippen molar-refractivity contribution in [1.29, 1.82) is 0 Å². The zero-order chi connectivity index (χ0) is 19.8. The van der Waals surface area contributed by atoms with Crippen LogP contribution in [-0.4, -0.2) is 43.5 Å². The summed E-state index contributed by atoms with van der Waals surface area (Å²) in [4.78, 5) is 26.0. The molecule has 7 heteroatoms. The lowest BCUT2D eigenvalue weighted by atomic mass is 10.2. The first kappa shape index (κ1) is 20.4. The molecule has 0 aliphatic carbocycles. The number of likely N-dealkylation sites (N-methyl/N-ethyl adjacent to an activating group) is 1. The minimum absolute atomic E-state index is 0.0362. The normalized spacial score (nSPS) is 11.7. The van der Waals surface area contributed by atoms with E-state index < -0.39 is 6.04 Å². The molecule has 2 rings (SSSR count). The fourth-order valence-corrected chi connectivity index (χ4v) is 2.38. The molecule has 0 saturated heterocycles. The maximum atomic E-state index is 12.9. The Hall–Kier alpha value is -2.93. The quantitative estimate of drug-likeness (QED) is 0.746. The molecule has 2 aromatic carbocycles. The van der Waals surface area contributed by atoms with Gasteiger partial charge in [0.05, 0.1) is 19.7 Å². The molecule has 2 N–H and O–H groups in total. The molecule has 6 nitrogen and oxygen atoms in total. The molecule has 0 unspecified atom stereocenters. The maximum Gasteiger partial charge on any atom is 0.238 e. The first-order chi connectivity index (χ1) is 12.9. The SMILES string of the molecule is COc1ccc(CNC(=O)[C@@H](C)N(C)CC(=O)Nc2ccc(F)cc2)cc1. The van der Waals surface area contributed by atoms with Crippen molar-refractivity contribution in [2.24, 2.45) is 0 Å². The Morgan fingerprint density at radius 3 is 2.33 bits per heavy atom. The summed E-state index contributed by atoms with van der Waals surface area (Å²) in [6.07, 6.45) is 0. The van der Waals surface area contributed by atoms with Crippen LogP contribution < -0.4 is 15.4 Å². The minimum Gasteiger partial charge on any atom is -0.497 e. The number of amides is 2. The van der Waals surface area contributed by atoms with E-state index in [1.54, 1.807) is 26.0 Å². The topological polar surface area (TPSA) is 70.7 Å². The number of benzene rings is 2. The van der Waals surface area contributed by atoms with Gasteiger partial charge in [-0.05, 0) is 55.9 Å². The lowest BCUT2D eigenvalue weighted by molar-refractivity contribution is -0.126. The van der Waals surface area contributed by atoms with Crippen LogP contribution in [0.1, 0.15) is 12.5 Å². The predicted octanol–water partition coefficient (Wildman–Crippen LogP) is 2.41. The van der Waals surface area contributed by atoms with Crippen LogP contribution in [0.4, 0.5) is 10.1 Å². The summed E-state index contributed by atoms with van der Waals surface area (Å²) >= 11 is 0. The molecule has 0 bridgehead atoms. The van der Waals surface area contributed by atoms with Crippen molar-refractivity contribution in [3.8, 4) is 5.75 Å². The van der Waals surface area contributed by atoms with Crippen molar-refractivity contribution in [2.75, 3.05) is 26.0 Å². The molecule has 0 aromatic heterocycles. The van der Waals surface area contributed by atoms with E-state index in [1.807, 2.05) is 24.3 Å². The summed E-state index contributed by atoms with van der Waals surface area (Å²) in [7, 11) is 3.29. The molecular formula is C20H24FN3O3. The molecule has 0 heterocycles. The molecular weight excluding hydrogens is 349 g/mol. The number of ether oxygens (including phenoxy) is 1. The van der Waals surface area contributed by atoms with E-state index in [0.29, 0.717) is 12.2 Å². The van der Waals surface area contributed by atoms with Gasteiger partial charge in [-0.25, -0.2) is 4.39 Å². The van der Waals surface area contributed by atoms with E-state index in [9.17, 15) is 14.0 Å². The highest BCUT2D eigenvalue weighted by Gasteiger charge is 2.20. The molecule has 2 aromatic rings. The van der Waals surface area contributed by atoms with Gasteiger partial charge < -0.3 is 15.4 Å². The Balaban J connectivity index is 1.80. The number of nitrogens with zero attached hydrogens (tertiary/aromatic N) is 1. The Bertz CT molecular complexity index is 763. The number of rotatable bonds is 8. The lowest BCUT2D eigenvalue weighted by Crippen LogP contribution is -2.45. The summed E-state index contributed by atoms with van der Waals surface area (Å²) in [6, 6.07) is 12.4. The summed E-state index contributed by atoms with van der Waals surface area (Å²) in [6.45, 7) is 2.16. The number of methoxy groups -OCH3 is 1.